The summed E-state index contributed by atoms with van der Waals surface area (Å²) >= 11 is 0. The molecule has 94 valence electrons. The van der Waals surface area contributed by atoms with E-state index < -0.39 is 0 Å². The van der Waals surface area contributed by atoms with Gasteiger partial charge in [-0.3, -0.25) is 10.7 Å². The maximum Gasteiger partial charge on any atom is 0.272 e. The van der Waals surface area contributed by atoms with E-state index >= 15 is 0 Å². The van der Waals surface area contributed by atoms with Gasteiger partial charge in [0.1, 0.15) is 6.54 Å². The van der Waals surface area contributed by atoms with Crippen LogP contribution in [0.1, 0.15) is 11.1 Å². The van der Waals surface area contributed by atoms with Crippen LogP contribution in [0.5, 0.6) is 0 Å². The minimum atomic E-state index is 0.737. The van der Waals surface area contributed by atoms with Gasteiger partial charge in [-0.05, 0) is 24.6 Å². The SMILES string of the molecule is Cc1cc[n+](Cc2cccc3cccnc23)c(N)c1. The van der Waals surface area contributed by atoms with E-state index in [0.717, 1.165) is 23.3 Å². The van der Waals surface area contributed by atoms with E-state index in [1.165, 1.54) is 11.1 Å². The molecule has 0 radical (unpaired) electrons. The third-order valence-corrected chi connectivity index (χ3v) is 3.28. The van der Waals surface area contributed by atoms with Crippen LogP contribution in [0.3, 0.4) is 0 Å². The quantitative estimate of drug-likeness (QED) is 0.710. The molecular weight excluding hydrogens is 234 g/mol. The zero-order chi connectivity index (χ0) is 13.2. The number of fused-ring (bicyclic) bond motifs is 1. The summed E-state index contributed by atoms with van der Waals surface area (Å²) in [5.74, 6) is 0.771. The third-order valence-electron chi connectivity index (χ3n) is 3.28. The predicted octanol–water partition coefficient (Wildman–Crippen LogP) is 2.46. The number of hydrogen-bond acceptors (Lipinski definition) is 2. The molecular formula is C16H16N3+. The van der Waals surface area contributed by atoms with Crippen LogP contribution in [0.15, 0.2) is 54.9 Å². The van der Waals surface area contributed by atoms with Crippen molar-refractivity contribution >= 4 is 16.7 Å². The smallest absolute Gasteiger partial charge is 0.272 e. The van der Waals surface area contributed by atoms with Gasteiger partial charge in [0, 0.05) is 23.2 Å². The molecule has 19 heavy (non-hydrogen) atoms. The second-order valence-corrected chi connectivity index (χ2v) is 4.75. The molecule has 3 rings (SSSR count). The first-order chi connectivity index (χ1) is 9.24. The lowest BCUT2D eigenvalue weighted by atomic mass is 10.1. The van der Waals surface area contributed by atoms with Crippen LogP contribution in [0.25, 0.3) is 10.9 Å². The average Bonchev–Trinajstić information content (AvgIpc) is 2.42. The Morgan fingerprint density at radius 3 is 2.84 bits per heavy atom. The number of para-hydroxylation sites is 1. The van der Waals surface area contributed by atoms with E-state index in [9.17, 15) is 0 Å². The van der Waals surface area contributed by atoms with Gasteiger partial charge in [-0.2, -0.15) is 0 Å². The van der Waals surface area contributed by atoms with Crippen LogP contribution in [0, 0.1) is 6.92 Å². The van der Waals surface area contributed by atoms with Gasteiger partial charge in [0.2, 0.25) is 0 Å². The topological polar surface area (TPSA) is 42.8 Å². The lowest BCUT2D eigenvalue weighted by Crippen LogP contribution is -2.37. The second kappa shape index (κ2) is 4.69. The summed E-state index contributed by atoms with van der Waals surface area (Å²) in [6, 6.07) is 14.3. The molecule has 0 aliphatic rings. The minimum Gasteiger partial charge on any atom is -0.287 e. The average molecular weight is 250 g/mol. The highest BCUT2D eigenvalue weighted by Gasteiger charge is 2.08. The Morgan fingerprint density at radius 1 is 1.16 bits per heavy atom. The standard InChI is InChI=1S/C16H15N3/c1-12-7-9-19(15(17)10-12)11-14-5-2-4-13-6-3-8-18-16(13)14/h2-10,17H,11H2,1H3/p+1. The number of aryl methyl sites for hydroxylation is 1. The van der Waals surface area contributed by atoms with Crippen LogP contribution in [0.4, 0.5) is 5.82 Å². The molecule has 1 aromatic carbocycles. The normalized spacial score (nSPS) is 10.8. The Morgan fingerprint density at radius 2 is 2.00 bits per heavy atom. The highest BCUT2D eigenvalue weighted by atomic mass is 15.0. The molecule has 3 nitrogen and oxygen atoms in total. The van der Waals surface area contributed by atoms with Gasteiger partial charge in [-0.1, -0.05) is 24.3 Å². The van der Waals surface area contributed by atoms with Crippen LogP contribution in [0.2, 0.25) is 0 Å². The third kappa shape index (κ3) is 2.27. The summed E-state index contributed by atoms with van der Waals surface area (Å²) < 4.78 is 2.04. The summed E-state index contributed by atoms with van der Waals surface area (Å²) in [6.45, 7) is 2.78. The molecule has 0 aliphatic carbocycles. The van der Waals surface area contributed by atoms with Crippen molar-refractivity contribution in [2.24, 2.45) is 0 Å². The summed E-state index contributed by atoms with van der Waals surface area (Å²) in [6.07, 6.45) is 3.85. The van der Waals surface area contributed by atoms with Crippen molar-refractivity contribution in [3.05, 3.63) is 66.0 Å². The predicted molar refractivity (Wildman–Crippen MR) is 76.6 cm³/mol. The summed E-state index contributed by atoms with van der Waals surface area (Å²) in [4.78, 5) is 4.47. The van der Waals surface area contributed by atoms with Crippen molar-refractivity contribution in [1.82, 2.24) is 4.98 Å². The summed E-state index contributed by atoms with van der Waals surface area (Å²) in [5, 5.41) is 1.16. The Labute approximate surface area is 112 Å². The molecule has 3 aromatic rings. The fourth-order valence-electron chi connectivity index (χ4n) is 2.28. The van der Waals surface area contributed by atoms with E-state index in [1.807, 2.05) is 36.0 Å². The van der Waals surface area contributed by atoms with Gasteiger partial charge in [0.15, 0.2) is 0 Å². The van der Waals surface area contributed by atoms with Crippen molar-refractivity contribution in [3.63, 3.8) is 0 Å². The molecule has 3 heteroatoms. The number of hydrogen-bond donors (Lipinski definition) is 1. The van der Waals surface area contributed by atoms with E-state index in [-0.39, 0.29) is 0 Å². The lowest BCUT2D eigenvalue weighted by molar-refractivity contribution is -0.673. The molecule has 0 fully saturated rings. The highest BCUT2D eigenvalue weighted by Crippen LogP contribution is 2.15. The van der Waals surface area contributed by atoms with E-state index in [4.69, 9.17) is 5.73 Å². The number of nitrogens with two attached hydrogens (primary N) is 1. The van der Waals surface area contributed by atoms with Crippen LogP contribution < -0.4 is 10.3 Å². The molecule has 0 saturated carbocycles. The van der Waals surface area contributed by atoms with E-state index in [2.05, 4.69) is 35.3 Å². The number of pyridine rings is 2. The molecule has 2 aromatic heterocycles. The van der Waals surface area contributed by atoms with Crippen LogP contribution in [-0.2, 0) is 6.54 Å². The largest absolute Gasteiger partial charge is 0.287 e. The molecule has 0 amide bonds. The fraction of sp³-hybridized carbons (Fsp3) is 0.125. The molecule has 0 atom stereocenters. The van der Waals surface area contributed by atoms with Gasteiger partial charge in [0.25, 0.3) is 5.82 Å². The fourth-order valence-corrected chi connectivity index (χ4v) is 2.28. The first kappa shape index (κ1) is 11.7. The molecule has 2 heterocycles. The molecule has 0 spiro atoms. The number of anilines is 1. The van der Waals surface area contributed by atoms with Crippen molar-refractivity contribution in [2.45, 2.75) is 13.5 Å². The zero-order valence-corrected chi connectivity index (χ0v) is 10.9. The zero-order valence-electron chi connectivity index (χ0n) is 10.9. The lowest BCUT2D eigenvalue weighted by Gasteiger charge is -2.06. The van der Waals surface area contributed by atoms with Crippen molar-refractivity contribution in [1.29, 1.82) is 0 Å². The van der Waals surface area contributed by atoms with Crippen LogP contribution >= 0.6 is 0 Å². The molecule has 2 N–H and O–H groups in total. The molecule has 0 aliphatic heterocycles. The monoisotopic (exact) mass is 250 g/mol. The highest BCUT2D eigenvalue weighted by molar-refractivity contribution is 5.81. The molecule has 0 unspecified atom stereocenters. The molecule has 0 bridgehead atoms. The van der Waals surface area contributed by atoms with Gasteiger partial charge >= 0.3 is 0 Å². The maximum atomic E-state index is 6.06. The molecule has 0 saturated heterocycles. The maximum absolute atomic E-state index is 6.06. The first-order valence-corrected chi connectivity index (χ1v) is 6.32. The van der Waals surface area contributed by atoms with Gasteiger partial charge in [-0.15, -0.1) is 0 Å². The number of benzene rings is 1. The minimum absolute atomic E-state index is 0.737. The summed E-state index contributed by atoms with van der Waals surface area (Å²) in [5.41, 5.74) is 9.45. The van der Waals surface area contributed by atoms with Crippen molar-refractivity contribution in [2.75, 3.05) is 5.73 Å². The Balaban J connectivity index is 2.06. The van der Waals surface area contributed by atoms with Gasteiger partial charge < -0.3 is 0 Å². The summed E-state index contributed by atoms with van der Waals surface area (Å²) in [7, 11) is 0. The number of nitrogen functional groups attached to an aromatic ring is 1. The van der Waals surface area contributed by atoms with E-state index in [0.29, 0.717) is 0 Å². The number of rotatable bonds is 2. The Hall–Kier alpha value is -2.42. The van der Waals surface area contributed by atoms with Crippen molar-refractivity contribution in [3.8, 4) is 0 Å². The van der Waals surface area contributed by atoms with Crippen LogP contribution in [-0.4, -0.2) is 4.98 Å². The van der Waals surface area contributed by atoms with E-state index in [1.54, 1.807) is 0 Å². The number of aromatic nitrogens is 2. The Kier molecular flexibility index (Phi) is 2.88. The number of nitrogens with zero attached hydrogens (tertiary/aromatic N) is 2. The van der Waals surface area contributed by atoms with Gasteiger partial charge in [0.05, 0.1) is 11.7 Å². The van der Waals surface area contributed by atoms with Gasteiger partial charge in [-0.25, -0.2) is 4.57 Å². The second-order valence-electron chi connectivity index (χ2n) is 4.75. The Bertz CT molecular complexity index is 730. The van der Waals surface area contributed by atoms with Crippen molar-refractivity contribution < 1.29 is 4.57 Å². The first-order valence-electron chi connectivity index (χ1n) is 6.32.